The van der Waals surface area contributed by atoms with Crippen LogP contribution in [0.2, 0.25) is 0 Å². The van der Waals surface area contributed by atoms with E-state index in [0.717, 1.165) is 0 Å². The van der Waals surface area contributed by atoms with Gasteiger partial charge in [-0.15, -0.1) is 0 Å². The SMILES string of the molecule is COc1cc(C(=O)O)cc(OC)c1OCc1cnccn1. The Labute approximate surface area is 121 Å². The Hall–Kier alpha value is -2.83. The second-order valence-electron chi connectivity index (χ2n) is 4.00. The number of ether oxygens (including phenoxy) is 3. The van der Waals surface area contributed by atoms with Gasteiger partial charge in [0.05, 0.1) is 31.7 Å². The van der Waals surface area contributed by atoms with Crippen molar-refractivity contribution in [1.82, 2.24) is 9.97 Å². The van der Waals surface area contributed by atoms with E-state index in [9.17, 15) is 4.79 Å². The van der Waals surface area contributed by atoms with Gasteiger partial charge in [-0.1, -0.05) is 0 Å². The van der Waals surface area contributed by atoms with Gasteiger partial charge in [0.25, 0.3) is 0 Å². The van der Waals surface area contributed by atoms with Gasteiger partial charge in [0.2, 0.25) is 5.75 Å². The van der Waals surface area contributed by atoms with Crippen molar-refractivity contribution in [1.29, 1.82) is 0 Å². The van der Waals surface area contributed by atoms with Crippen molar-refractivity contribution in [3.05, 3.63) is 42.0 Å². The Bertz CT molecular complexity index is 606. The van der Waals surface area contributed by atoms with E-state index in [-0.39, 0.29) is 23.7 Å². The number of carboxylic acid groups (broad SMARTS) is 1. The van der Waals surface area contributed by atoms with E-state index in [1.54, 1.807) is 18.6 Å². The maximum Gasteiger partial charge on any atom is 0.335 e. The average molecular weight is 290 g/mol. The van der Waals surface area contributed by atoms with Gasteiger partial charge >= 0.3 is 5.97 Å². The van der Waals surface area contributed by atoms with Crippen molar-refractivity contribution in [2.24, 2.45) is 0 Å². The van der Waals surface area contributed by atoms with Crippen LogP contribution >= 0.6 is 0 Å². The molecule has 0 atom stereocenters. The summed E-state index contributed by atoms with van der Waals surface area (Å²) in [5.74, 6) is -0.214. The molecule has 0 amide bonds. The molecule has 7 nitrogen and oxygen atoms in total. The van der Waals surface area contributed by atoms with Gasteiger partial charge in [0, 0.05) is 12.4 Å². The van der Waals surface area contributed by atoms with Crippen LogP contribution in [0.1, 0.15) is 16.1 Å². The molecule has 0 saturated heterocycles. The van der Waals surface area contributed by atoms with E-state index in [0.29, 0.717) is 11.4 Å². The minimum Gasteiger partial charge on any atom is -0.493 e. The third-order valence-electron chi connectivity index (χ3n) is 2.69. The first-order valence-corrected chi connectivity index (χ1v) is 6.02. The molecular weight excluding hydrogens is 276 g/mol. The molecule has 0 saturated carbocycles. The van der Waals surface area contributed by atoms with Crippen LogP contribution in [0.15, 0.2) is 30.7 Å². The van der Waals surface area contributed by atoms with Gasteiger partial charge in [-0.05, 0) is 12.1 Å². The number of aromatic nitrogens is 2. The summed E-state index contributed by atoms with van der Waals surface area (Å²) in [4.78, 5) is 19.1. The molecule has 1 N–H and O–H groups in total. The quantitative estimate of drug-likeness (QED) is 0.866. The Morgan fingerprint density at radius 3 is 2.33 bits per heavy atom. The second kappa shape index (κ2) is 6.56. The summed E-state index contributed by atoms with van der Waals surface area (Å²) >= 11 is 0. The fraction of sp³-hybridized carbons (Fsp3) is 0.214. The van der Waals surface area contributed by atoms with Gasteiger partial charge in [0.15, 0.2) is 11.5 Å². The summed E-state index contributed by atoms with van der Waals surface area (Å²) in [6.07, 6.45) is 4.69. The van der Waals surface area contributed by atoms with Crippen LogP contribution in [0.5, 0.6) is 17.2 Å². The lowest BCUT2D eigenvalue weighted by molar-refractivity contribution is 0.0696. The zero-order valence-corrected chi connectivity index (χ0v) is 11.6. The van der Waals surface area contributed by atoms with E-state index in [1.807, 2.05) is 0 Å². The summed E-state index contributed by atoms with van der Waals surface area (Å²) < 4.78 is 16.0. The number of carboxylic acids is 1. The topological polar surface area (TPSA) is 90.8 Å². The fourth-order valence-electron chi connectivity index (χ4n) is 1.70. The molecule has 0 radical (unpaired) electrons. The lowest BCUT2D eigenvalue weighted by Gasteiger charge is -2.14. The smallest absolute Gasteiger partial charge is 0.335 e. The highest BCUT2D eigenvalue weighted by Gasteiger charge is 2.17. The molecule has 0 aliphatic carbocycles. The van der Waals surface area contributed by atoms with Gasteiger partial charge in [-0.25, -0.2) is 4.79 Å². The Kier molecular flexibility index (Phi) is 4.55. The lowest BCUT2D eigenvalue weighted by atomic mass is 10.2. The molecule has 7 heteroatoms. The molecule has 1 aromatic carbocycles. The largest absolute Gasteiger partial charge is 0.493 e. The molecule has 0 spiro atoms. The minimum absolute atomic E-state index is 0.0514. The summed E-state index contributed by atoms with van der Waals surface area (Å²) in [5, 5.41) is 9.05. The van der Waals surface area contributed by atoms with Crippen LogP contribution < -0.4 is 14.2 Å². The molecule has 2 rings (SSSR count). The normalized spacial score (nSPS) is 10.0. The average Bonchev–Trinajstić information content (AvgIpc) is 2.52. The maximum atomic E-state index is 11.1. The number of benzene rings is 1. The number of rotatable bonds is 6. The van der Waals surface area contributed by atoms with Crippen LogP contribution in [0.4, 0.5) is 0 Å². The first-order chi connectivity index (χ1) is 10.2. The Balaban J connectivity index is 2.31. The highest BCUT2D eigenvalue weighted by Crippen LogP contribution is 2.38. The number of methoxy groups -OCH3 is 2. The molecule has 2 aromatic rings. The molecule has 21 heavy (non-hydrogen) atoms. The predicted octanol–water partition coefficient (Wildman–Crippen LogP) is 1.77. The number of hydrogen-bond donors (Lipinski definition) is 1. The van der Waals surface area contributed by atoms with Crippen LogP contribution in [-0.4, -0.2) is 35.3 Å². The number of carbonyl (C=O) groups is 1. The van der Waals surface area contributed by atoms with E-state index >= 15 is 0 Å². The second-order valence-corrected chi connectivity index (χ2v) is 4.00. The number of nitrogens with zero attached hydrogens (tertiary/aromatic N) is 2. The predicted molar refractivity (Wildman–Crippen MR) is 72.9 cm³/mol. The molecule has 0 bridgehead atoms. The van der Waals surface area contributed by atoms with Crippen LogP contribution in [0.3, 0.4) is 0 Å². The summed E-state index contributed by atoms with van der Waals surface area (Å²) in [6.45, 7) is 0.160. The highest BCUT2D eigenvalue weighted by molar-refractivity contribution is 5.89. The molecular formula is C14H14N2O5. The van der Waals surface area contributed by atoms with Crippen molar-refractivity contribution in [2.75, 3.05) is 14.2 Å². The van der Waals surface area contributed by atoms with E-state index in [1.165, 1.54) is 26.4 Å². The number of hydrogen-bond acceptors (Lipinski definition) is 6. The molecule has 0 unspecified atom stereocenters. The van der Waals surface area contributed by atoms with E-state index in [2.05, 4.69) is 9.97 Å². The lowest BCUT2D eigenvalue weighted by Crippen LogP contribution is -2.04. The van der Waals surface area contributed by atoms with Crippen molar-refractivity contribution in [3.63, 3.8) is 0 Å². The van der Waals surface area contributed by atoms with Crippen molar-refractivity contribution in [2.45, 2.75) is 6.61 Å². The third-order valence-corrected chi connectivity index (χ3v) is 2.69. The Morgan fingerprint density at radius 1 is 1.19 bits per heavy atom. The Morgan fingerprint density at radius 2 is 1.86 bits per heavy atom. The van der Waals surface area contributed by atoms with Gasteiger partial charge < -0.3 is 19.3 Å². The van der Waals surface area contributed by atoms with Crippen molar-refractivity contribution >= 4 is 5.97 Å². The van der Waals surface area contributed by atoms with Crippen LogP contribution in [-0.2, 0) is 6.61 Å². The molecule has 0 fully saturated rings. The number of aromatic carboxylic acids is 1. The maximum absolute atomic E-state index is 11.1. The fourth-order valence-corrected chi connectivity index (χ4v) is 1.70. The van der Waals surface area contributed by atoms with Gasteiger partial charge in [-0.2, -0.15) is 0 Å². The van der Waals surface area contributed by atoms with Crippen LogP contribution in [0, 0.1) is 0 Å². The van der Waals surface area contributed by atoms with E-state index in [4.69, 9.17) is 19.3 Å². The third kappa shape index (κ3) is 3.38. The van der Waals surface area contributed by atoms with Crippen molar-refractivity contribution in [3.8, 4) is 17.2 Å². The zero-order chi connectivity index (χ0) is 15.2. The first-order valence-electron chi connectivity index (χ1n) is 6.02. The minimum atomic E-state index is -1.08. The summed E-state index contributed by atoms with van der Waals surface area (Å²) in [7, 11) is 2.85. The zero-order valence-electron chi connectivity index (χ0n) is 11.6. The molecule has 0 aliphatic heterocycles. The summed E-state index contributed by atoms with van der Waals surface area (Å²) in [5.41, 5.74) is 0.680. The van der Waals surface area contributed by atoms with Crippen LogP contribution in [0.25, 0.3) is 0 Å². The van der Waals surface area contributed by atoms with Gasteiger partial charge in [-0.3, -0.25) is 9.97 Å². The monoisotopic (exact) mass is 290 g/mol. The molecule has 1 aromatic heterocycles. The first kappa shape index (κ1) is 14.6. The molecule has 0 aliphatic rings. The van der Waals surface area contributed by atoms with Crippen molar-refractivity contribution < 1.29 is 24.1 Å². The standard InChI is InChI=1S/C14H14N2O5/c1-19-11-5-9(14(17)18)6-12(20-2)13(11)21-8-10-7-15-3-4-16-10/h3-7H,8H2,1-2H3,(H,17,18). The highest BCUT2D eigenvalue weighted by atomic mass is 16.5. The summed E-state index contributed by atoms with van der Waals surface area (Å²) in [6, 6.07) is 2.74. The van der Waals surface area contributed by atoms with Gasteiger partial charge in [0.1, 0.15) is 6.61 Å². The molecule has 110 valence electrons. The van der Waals surface area contributed by atoms with E-state index < -0.39 is 5.97 Å². The molecule has 1 heterocycles.